The Bertz CT molecular complexity index is 810. The van der Waals surface area contributed by atoms with Gasteiger partial charge >= 0.3 is 0 Å². The Balaban J connectivity index is 2.46. The molecule has 4 heteroatoms. The lowest BCUT2D eigenvalue weighted by Crippen LogP contribution is -2.12. The van der Waals surface area contributed by atoms with Gasteiger partial charge in [0.05, 0.1) is 5.54 Å². The molecule has 94 valence electrons. The first-order chi connectivity index (χ1) is 9.13. The minimum atomic E-state index is -0.610. The molecular formula is C15H13N3O. The summed E-state index contributed by atoms with van der Waals surface area (Å²) in [6.07, 6.45) is 0. The van der Waals surface area contributed by atoms with E-state index in [4.69, 9.17) is 9.95 Å². The zero-order valence-corrected chi connectivity index (χ0v) is 10.8. The van der Waals surface area contributed by atoms with Crippen molar-refractivity contribution in [3.8, 4) is 0 Å². The van der Waals surface area contributed by atoms with Crippen molar-refractivity contribution in [3.05, 3.63) is 58.5 Å². The quantitative estimate of drug-likeness (QED) is 0.353. The van der Waals surface area contributed by atoms with E-state index in [1.807, 2.05) is 56.3 Å². The molecule has 3 rings (SSSR count). The maximum absolute atomic E-state index is 8.73. The number of hydrogen-bond donors (Lipinski definition) is 0. The normalized spacial score (nSPS) is 11.7. The summed E-state index contributed by atoms with van der Waals surface area (Å²) in [4.78, 5) is 2.95. The van der Waals surface area contributed by atoms with Crippen LogP contribution < -0.4 is 0 Å². The second kappa shape index (κ2) is 4.04. The smallest absolute Gasteiger partial charge is 0.135 e. The van der Waals surface area contributed by atoms with Gasteiger partial charge in [0.2, 0.25) is 0 Å². The van der Waals surface area contributed by atoms with Crippen LogP contribution >= 0.6 is 0 Å². The summed E-state index contributed by atoms with van der Waals surface area (Å²) in [7, 11) is 0. The van der Waals surface area contributed by atoms with Crippen LogP contribution in [0.2, 0.25) is 0 Å². The number of fused-ring (bicyclic) bond motifs is 3. The number of rotatable bonds is 2. The van der Waals surface area contributed by atoms with Crippen LogP contribution in [0.25, 0.3) is 32.4 Å². The van der Waals surface area contributed by atoms with Crippen LogP contribution in [-0.2, 0) is 5.54 Å². The molecule has 1 aromatic heterocycles. The largest absolute Gasteiger partial charge is 0.456 e. The van der Waals surface area contributed by atoms with Crippen molar-refractivity contribution in [2.24, 2.45) is 5.11 Å². The molecule has 1 heterocycles. The first-order valence-electron chi connectivity index (χ1n) is 6.10. The number of nitrogens with zero attached hydrogens (tertiary/aromatic N) is 3. The predicted molar refractivity (Wildman–Crippen MR) is 75.9 cm³/mol. The fourth-order valence-corrected chi connectivity index (χ4v) is 2.45. The Morgan fingerprint density at radius 2 is 1.79 bits per heavy atom. The topological polar surface area (TPSA) is 61.9 Å². The van der Waals surface area contributed by atoms with Crippen LogP contribution in [0.4, 0.5) is 0 Å². The van der Waals surface area contributed by atoms with E-state index < -0.39 is 5.54 Å². The molecule has 0 saturated carbocycles. The van der Waals surface area contributed by atoms with Gasteiger partial charge in [0.15, 0.2) is 0 Å². The van der Waals surface area contributed by atoms with Gasteiger partial charge in [-0.2, -0.15) is 0 Å². The minimum absolute atomic E-state index is 0.610. The summed E-state index contributed by atoms with van der Waals surface area (Å²) in [5.74, 6) is 0. The highest BCUT2D eigenvalue weighted by Crippen LogP contribution is 2.37. The van der Waals surface area contributed by atoms with Gasteiger partial charge in [-0.05, 0) is 23.2 Å². The van der Waals surface area contributed by atoms with E-state index >= 15 is 0 Å². The van der Waals surface area contributed by atoms with Gasteiger partial charge in [-0.1, -0.05) is 49.3 Å². The summed E-state index contributed by atoms with van der Waals surface area (Å²) in [5, 5.41) is 5.98. The number of para-hydroxylation sites is 1. The van der Waals surface area contributed by atoms with Crippen molar-refractivity contribution in [2.45, 2.75) is 19.4 Å². The molecule has 3 aromatic rings. The summed E-state index contributed by atoms with van der Waals surface area (Å²) in [5.41, 5.74) is 10.8. The maximum Gasteiger partial charge on any atom is 0.135 e. The van der Waals surface area contributed by atoms with Gasteiger partial charge in [0.25, 0.3) is 0 Å². The van der Waals surface area contributed by atoms with Crippen molar-refractivity contribution in [1.82, 2.24) is 0 Å². The molecule has 4 nitrogen and oxygen atoms in total. The highest BCUT2D eigenvalue weighted by Gasteiger charge is 2.23. The number of furan rings is 1. The number of benzene rings is 2. The first-order valence-corrected chi connectivity index (χ1v) is 6.10. The van der Waals surface area contributed by atoms with E-state index in [0.717, 1.165) is 27.5 Å². The molecule has 0 spiro atoms. The van der Waals surface area contributed by atoms with E-state index in [2.05, 4.69) is 10.0 Å². The monoisotopic (exact) mass is 251 g/mol. The van der Waals surface area contributed by atoms with Crippen molar-refractivity contribution < 1.29 is 4.42 Å². The van der Waals surface area contributed by atoms with Crippen LogP contribution in [-0.4, -0.2) is 0 Å². The molecule has 0 atom stereocenters. The molecule has 0 unspecified atom stereocenters. The Labute approximate surface area is 110 Å². The molecule has 0 saturated heterocycles. The molecule has 0 aliphatic carbocycles. The molecule has 0 bridgehead atoms. The van der Waals surface area contributed by atoms with Gasteiger partial charge in [0.1, 0.15) is 11.2 Å². The minimum Gasteiger partial charge on any atom is -0.456 e. The zero-order chi connectivity index (χ0) is 13.5. The van der Waals surface area contributed by atoms with Crippen molar-refractivity contribution in [3.63, 3.8) is 0 Å². The Morgan fingerprint density at radius 3 is 2.58 bits per heavy atom. The van der Waals surface area contributed by atoms with Gasteiger partial charge < -0.3 is 4.42 Å². The third kappa shape index (κ3) is 1.74. The van der Waals surface area contributed by atoms with E-state index in [9.17, 15) is 0 Å². The summed E-state index contributed by atoms with van der Waals surface area (Å²) < 4.78 is 5.83. The van der Waals surface area contributed by atoms with Crippen LogP contribution in [0.5, 0.6) is 0 Å². The van der Waals surface area contributed by atoms with Crippen molar-refractivity contribution >= 4 is 21.9 Å². The number of hydrogen-bond acceptors (Lipinski definition) is 2. The van der Waals surface area contributed by atoms with Gasteiger partial charge in [-0.25, -0.2) is 0 Å². The van der Waals surface area contributed by atoms with Crippen molar-refractivity contribution in [2.75, 3.05) is 0 Å². The van der Waals surface area contributed by atoms with Crippen LogP contribution in [0.1, 0.15) is 19.4 Å². The average Bonchev–Trinajstić information content (AvgIpc) is 2.76. The third-order valence-electron chi connectivity index (χ3n) is 3.36. The summed E-state index contributed by atoms with van der Waals surface area (Å²) in [6, 6.07) is 13.7. The SMILES string of the molecule is CC(C)(N=[N+]=[N-])c1cccc2oc3ccccc3c12. The lowest BCUT2D eigenvalue weighted by molar-refractivity contribution is 0.555. The van der Waals surface area contributed by atoms with Gasteiger partial charge in [0, 0.05) is 15.7 Å². The van der Waals surface area contributed by atoms with E-state index in [0.29, 0.717) is 0 Å². The second-order valence-electron chi connectivity index (χ2n) is 5.03. The molecule has 2 aromatic carbocycles. The zero-order valence-electron chi connectivity index (χ0n) is 10.8. The predicted octanol–water partition coefficient (Wildman–Crippen LogP) is 5.13. The second-order valence-corrected chi connectivity index (χ2v) is 5.03. The molecule has 0 aliphatic rings. The van der Waals surface area contributed by atoms with Crippen LogP contribution in [0.3, 0.4) is 0 Å². The van der Waals surface area contributed by atoms with Crippen molar-refractivity contribution in [1.29, 1.82) is 0 Å². The van der Waals surface area contributed by atoms with E-state index in [1.54, 1.807) is 0 Å². The number of azide groups is 1. The summed E-state index contributed by atoms with van der Waals surface area (Å²) >= 11 is 0. The average molecular weight is 251 g/mol. The first kappa shape index (κ1) is 11.6. The standard InChI is InChI=1S/C15H13N3O/c1-15(2,17-18-16)11-7-5-9-13-14(11)10-6-3-4-8-12(10)19-13/h3-9H,1-2H3. The molecule has 19 heavy (non-hydrogen) atoms. The lowest BCUT2D eigenvalue weighted by atomic mass is 9.91. The molecule has 0 N–H and O–H groups in total. The molecule has 0 amide bonds. The molecule has 0 aliphatic heterocycles. The molecule has 0 radical (unpaired) electrons. The highest BCUT2D eigenvalue weighted by molar-refractivity contribution is 6.07. The fraction of sp³-hybridized carbons (Fsp3) is 0.200. The van der Waals surface area contributed by atoms with Crippen LogP contribution in [0.15, 0.2) is 52.0 Å². The lowest BCUT2D eigenvalue weighted by Gasteiger charge is -2.19. The van der Waals surface area contributed by atoms with E-state index in [-0.39, 0.29) is 0 Å². The Kier molecular flexibility index (Phi) is 2.47. The molecule has 0 fully saturated rings. The third-order valence-corrected chi connectivity index (χ3v) is 3.36. The maximum atomic E-state index is 8.73. The van der Waals surface area contributed by atoms with Crippen LogP contribution in [0, 0.1) is 0 Å². The highest BCUT2D eigenvalue weighted by atomic mass is 16.3. The van der Waals surface area contributed by atoms with E-state index in [1.165, 1.54) is 0 Å². The van der Waals surface area contributed by atoms with Gasteiger partial charge in [-0.3, -0.25) is 0 Å². The fourth-order valence-electron chi connectivity index (χ4n) is 2.45. The molecular weight excluding hydrogens is 238 g/mol. The summed E-state index contributed by atoms with van der Waals surface area (Å²) in [6.45, 7) is 3.81. The Hall–Kier alpha value is -2.45. The Morgan fingerprint density at radius 1 is 1.05 bits per heavy atom. The van der Waals surface area contributed by atoms with Gasteiger partial charge in [-0.15, -0.1) is 0 Å².